The number of halogens is 1. The van der Waals surface area contributed by atoms with Crippen LogP contribution in [-0.4, -0.2) is 40.1 Å². The third kappa shape index (κ3) is 5.52. The summed E-state index contributed by atoms with van der Waals surface area (Å²) in [6.45, 7) is 6.50. The number of fused-ring (bicyclic) bond motifs is 3. The molecule has 0 radical (unpaired) electrons. The lowest BCUT2D eigenvalue weighted by atomic mass is 9.97. The zero-order chi connectivity index (χ0) is 29.9. The van der Waals surface area contributed by atoms with E-state index in [1.807, 2.05) is 49.0 Å². The molecule has 0 amide bonds. The van der Waals surface area contributed by atoms with E-state index in [9.17, 15) is 4.79 Å². The minimum Gasteiger partial charge on any atom is -0.493 e. The van der Waals surface area contributed by atoms with Gasteiger partial charge in [0.05, 0.1) is 36.1 Å². The molecule has 3 heterocycles. The first-order valence-corrected chi connectivity index (χ1v) is 15.6. The Labute approximate surface area is 257 Å². The van der Waals surface area contributed by atoms with E-state index in [2.05, 4.69) is 35.8 Å². The van der Waals surface area contributed by atoms with Gasteiger partial charge in [-0.25, -0.2) is 4.79 Å². The van der Waals surface area contributed by atoms with Gasteiger partial charge in [0.2, 0.25) is 0 Å². The van der Waals surface area contributed by atoms with Crippen molar-refractivity contribution in [1.29, 1.82) is 0 Å². The molecule has 0 N–H and O–H groups in total. The maximum Gasteiger partial charge on any atom is 0.355 e. The molecule has 224 valence electrons. The van der Waals surface area contributed by atoms with Crippen molar-refractivity contribution < 1.29 is 19.0 Å². The van der Waals surface area contributed by atoms with E-state index in [0.29, 0.717) is 50.1 Å². The smallest absolute Gasteiger partial charge is 0.355 e. The van der Waals surface area contributed by atoms with E-state index < -0.39 is 0 Å². The average molecular weight is 600 g/mol. The molecule has 0 unspecified atom stereocenters. The number of esters is 1. The zero-order valence-electron chi connectivity index (χ0n) is 25.1. The quantitative estimate of drug-likeness (QED) is 0.134. The SMILES string of the molecule is CCOC(=O)c1c(CCCOc2cccc3ccccc23)c2ccc(Cl)c3c2n1CCCCOCc1nn(C)c(CC)c1-3. The Bertz CT molecular complexity index is 1780. The highest BCUT2D eigenvalue weighted by atomic mass is 35.5. The molecule has 1 aliphatic heterocycles. The second-order valence-corrected chi connectivity index (χ2v) is 11.4. The summed E-state index contributed by atoms with van der Waals surface area (Å²) in [4.78, 5) is 13.7. The zero-order valence-corrected chi connectivity index (χ0v) is 25.9. The molecule has 8 heteroatoms. The van der Waals surface area contributed by atoms with Gasteiger partial charge in [0.15, 0.2) is 0 Å². The number of nitrogens with zero attached hydrogens (tertiary/aromatic N) is 3. The number of aryl methyl sites for hydroxylation is 3. The van der Waals surface area contributed by atoms with Crippen LogP contribution < -0.4 is 4.74 Å². The molecule has 0 aliphatic carbocycles. The van der Waals surface area contributed by atoms with Gasteiger partial charge in [0.1, 0.15) is 11.4 Å². The molecule has 0 atom stereocenters. The monoisotopic (exact) mass is 599 g/mol. The molecule has 1 aliphatic rings. The lowest BCUT2D eigenvalue weighted by Gasteiger charge is -2.14. The van der Waals surface area contributed by atoms with E-state index in [0.717, 1.165) is 81.2 Å². The van der Waals surface area contributed by atoms with Crippen molar-refractivity contribution in [2.45, 2.75) is 59.1 Å². The van der Waals surface area contributed by atoms with Crippen molar-refractivity contribution in [2.24, 2.45) is 7.05 Å². The standard InChI is InChI=1S/C35H38ClN3O4/c1-4-29-32-28(37-38(29)3)22-41-20-9-8-19-39-33-26(17-18-27(36)31(32)33)25(34(39)35(40)42-5-2)15-11-21-43-30-16-10-13-23-12-6-7-14-24(23)30/h6-7,10,12-14,16-18H,4-5,8-9,11,15,19-22H2,1-3H3. The number of ether oxygens (including phenoxy) is 3. The van der Waals surface area contributed by atoms with Gasteiger partial charge in [-0.05, 0) is 62.1 Å². The average Bonchev–Trinajstić information content (AvgIpc) is 3.49. The highest BCUT2D eigenvalue weighted by molar-refractivity contribution is 6.35. The molecule has 0 saturated heterocycles. The first-order valence-electron chi connectivity index (χ1n) is 15.3. The number of rotatable bonds is 8. The van der Waals surface area contributed by atoms with Gasteiger partial charge in [0, 0.05) is 47.8 Å². The number of hydrogen-bond donors (Lipinski definition) is 0. The number of carbonyl (C=O) groups excluding carboxylic acids is 1. The van der Waals surface area contributed by atoms with Crippen LogP contribution in [0.4, 0.5) is 0 Å². The number of benzene rings is 3. The molecule has 43 heavy (non-hydrogen) atoms. The van der Waals surface area contributed by atoms with Crippen molar-refractivity contribution in [3.05, 3.63) is 82.3 Å². The largest absolute Gasteiger partial charge is 0.493 e. The van der Waals surface area contributed by atoms with Crippen molar-refractivity contribution >= 4 is 39.2 Å². The first kappa shape index (κ1) is 29.3. The van der Waals surface area contributed by atoms with Gasteiger partial charge in [0.25, 0.3) is 0 Å². The molecule has 6 rings (SSSR count). The van der Waals surface area contributed by atoms with Crippen molar-refractivity contribution in [1.82, 2.24) is 14.3 Å². The number of hydrogen-bond acceptors (Lipinski definition) is 5. The lowest BCUT2D eigenvalue weighted by Crippen LogP contribution is -2.15. The summed E-state index contributed by atoms with van der Waals surface area (Å²) in [5.74, 6) is 0.562. The van der Waals surface area contributed by atoms with Gasteiger partial charge in [-0.15, -0.1) is 0 Å². The van der Waals surface area contributed by atoms with Crippen molar-refractivity contribution in [3.63, 3.8) is 0 Å². The Morgan fingerprint density at radius 1 is 1.02 bits per heavy atom. The van der Waals surface area contributed by atoms with Gasteiger partial charge >= 0.3 is 5.97 Å². The van der Waals surface area contributed by atoms with Gasteiger partial charge in [-0.1, -0.05) is 61.0 Å². The molecule has 3 aromatic carbocycles. The minimum absolute atomic E-state index is 0.304. The summed E-state index contributed by atoms with van der Waals surface area (Å²) < 4.78 is 22.1. The van der Waals surface area contributed by atoms with Crippen LogP contribution in [0.1, 0.15) is 60.5 Å². The molecule has 0 bridgehead atoms. The van der Waals surface area contributed by atoms with E-state index in [4.69, 9.17) is 30.9 Å². The Kier molecular flexibility index (Phi) is 8.73. The first-order chi connectivity index (χ1) is 21.0. The van der Waals surface area contributed by atoms with Gasteiger partial charge in [-0.2, -0.15) is 5.10 Å². The summed E-state index contributed by atoms with van der Waals surface area (Å²) in [5.41, 5.74) is 6.41. The Hall–Kier alpha value is -3.81. The fourth-order valence-corrected chi connectivity index (χ4v) is 6.70. The molecule has 0 fully saturated rings. The predicted molar refractivity (Wildman–Crippen MR) is 171 cm³/mol. The minimum atomic E-state index is -0.306. The molecule has 2 aromatic heterocycles. The summed E-state index contributed by atoms with van der Waals surface area (Å²) in [5, 5.41) is 8.75. The molecular weight excluding hydrogens is 562 g/mol. The van der Waals surface area contributed by atoms with Gasteiger partial charge in [-0.3, -0.25) is 4.68 Å². The Morgan fingerprint density at radius 3 is 2.70 bits per heavy atom. The van der Waals surface area contributed by atoms with Crippen LogP contribution in [0.25, 0.3) is 32.8 Å². The van der Waals surface area contributed by atoms with Crippen LogP contribution in [0.15, 0.2) is 54.6 Å². The topological polar surface area (TPSA) is 67.5 Å². The number of aromatic nitrogens is 3. The summed E-state index contributed by atoms with van der Waals surface area (Å²) in [6.07, 6.45) is 3.91. The van der Waals surface area contributed by atoms with E-state index >= 15 is 0 Å². The lowest BCUT2D eigenvalue weighted by molar-refractivity contribution is 0.0512. The molecular formula is C35H38ClN3O4. The molecule has 7 nitrogen and oxygen atoms in total. The van der Waals surface area contributed by atoms with Crippen LogP contribution in [0.2, 0.25) is 5.02 Å². The summed E-state index contributed by atoms with van der Waals surface area (Å²) >= 11 is 7.05. The van der Waals surface area contributed by atoms with Crippen LogP contribution in [-0.2, 0) is 42.5 Å². The van der Waals surface area contributed by atoms with Gasteiger partial charge < -0.3 is 18.8 Å². The van der Waals surface area contributed by atoms with E-state index in [-0.39, 0.29) is 5.97 Å². The third-order valence-electron chi connectivity index (χ3n) is 8.31. The van der Waals surface area contributed by atoms with Crippen LogP contribution in [0.5, 0.6) is 5.75 Å². The molecule has 5 aromatic rings. The second kappa shape index (κ2) is 12.8. The maximum absolute atomic E-state index is 13.7. The Morgan fingerprint density at radius 2 is 1.86 bits per heavy atom. The van der Waals surface area contributed by atoms with Crippen molar-refractivity contribution in [2.75, 3.05) is 19.8 Å². The summed E-state index contributed by atoms with van der Waals surface area (Å²) in [7, 11) is 1.97. The highest BCUT2D eigenvalue weighted by Gasteiger charge is 2.29. The predicted octanol–water partition coefficient (Wildman–Crippen LogP) is 7.91. The normalized spacial score (nSPS) is 13.6. The maximum atomic E-state index is 13.7. The second-order valence-electron chi connectivity index (χ2n) is 11.0. The van der Waals surface area contributed by atoms with Crippen molar-refractivity contribution in [3.8, 4) is 16.9 Å². The third-order valence-corrected chi connectivity index (χ3v) is 8.62. The highest BCUT2D eigenvalue weighted by Crippen LogP contribution is 2.43. The molecule has 0 saturated carbocycles. The summed E-state index contributed by atoms with van der Waals surface area (Å²) in [6, 6.07) is 18.4. The van der Waals surface area contributed by atoms with Crippen LogP contribution in [0.3, 0.4) is 0 Å². The fraction of sp³-hybridized carbons (Fsp3) is 0.371. The Balaban J connectivity index is 1.46. The van der Waals surface area contributed by atoms with Crippen LogP contribution >= 0.6 is 11.6 Å². The van der Waals surface area contributed by atoms with Crippen LogP contribution in [0, 0.1) is 0 Å². The molecule has 0 spiro atoms. The fourth-order valence-electron chi connectivity index (χ4n) is 6.45. The van der Waals surface area contributed by atoms with E-state index in [1.165, 1.54) is 0 Å². The van der Waals surface area contributed by atoms with E-state index in [1.54, 1.807) is 0 Å². The number of carbonyl (C=O) groups is 1.